The summed E-state index contributed by atoms with van der Waals surface area (Å²) in [6.07, 6.45) is 1.91. The quantitative estimate of drug-likeness (QED) is 0.928. The number of hydrogen-bond acceptors (Lipinski definition) is 4. The fourth-order valence-corrected chi connectivity index (χ4v) is 6.01. The van der Waals surface area contributed by atoms with E-state index in [0.717, 1.165) is 23.3 Å². The first kappa shape index (κ1) is 15.9. The first-order valence-corrected chi connectivity index (χ1v) is 9.47. The van der Waals surface area contributed by atoms with Crippen molar-refractivity contribution in [2.24, 2.45) is 17.6 Å². The van der Waals surface area contributed by atoms with Crippen molar-refractivity contribution in [3.05, 3.63) is 15.8 Å². The van der Waals surface area contributed by atoms with Gasteiger partial charge in [0, 0.05) is 24.5 Å². The number of aryl methyl sites for hydroxylation is 1. The lowest BCUT2D eigenvalue weighted by molar-refractivity contribution is 0.226. The van der Waals surface area contributed by atoms with Crippen molar-refractivity contribution in [3.8, 4) is 0 Å². The zero-order chi connectivity index (χ0) is 14.9. The van der Waals surface area contributed by atoms with Gasteiger partial charge in [-0.3, -0.25) is 0 Å². The molecule has 0 saturated carbocycles. The van der Waals surface area contributed by atoms with Gasteiger partial charge in [-0.15, -0.1) is 11.3 Å². The molecule has 0 unspecified atom stereocenters. The Labute approximate surface area is 126 Å². The monoisotopic (exact) mass is 316 g/mol. The Morgan fingerprint density at radius 2 is 2.00 bits per heavy atom. The lowest BCUT2D eigenvalue weighted by Gasteiger charge is -2.33. The minimum Gasteiger partial charge on any atom is -0.326 e. The Balaban J connectivity index is 2.22. The molecule has 114 valence electrons. The van der Waals surface area contributed by atoms with Crippen LogP contribution in [0.3, 0.4) is 0 Å². The Bertz CT molecular complexity index is 556. The molecule has 1 saturated heterocycles. The largest absolute Gasteiger partial charge is 0.326 e. The molecule has 2 rings (SSSR count). The van der Waals surface area contributed by atoms with Crippen LogP contribution in [-0.4, -0.2) is 25.8 Å². The van der Waals surface area contributed by atoms with Crippen LogP contribution in [0, 0.1) is 18.8 Å². The van der Waals surface area contributed by atoms with E-state index in [9.17, 15) is 8.42 Å². The van der Waals surface area contributed by atoms with E-state index in [1.165, 1.54) is 11.3 Å². The summed E-state index contributed by atoms with van der Waals surface area (Å²) in [6.45, 7) is 7.82. The maximum atomic E-state index is 12.8. The van der Waals surface area contributed by atoms with Gasteiger partial charge >= 0.3 is 0 Å². The number of hydrogen-bond donors (Lipinski definition) is 1. The maximum absolute atomic E-state index is 12.8. The third kappa shape index (κ3) is 2.93. The first-order valence-electron chi connectivity index (χ1n) is 7.15. The van der Waals surface area contributed by atoms with Gasteiger partial charge in [0.25, 0.3) is 0 Å². The van der Waals surface area contributed by atoms with Crippen LogP contribution >= 0.6 is 11.3 Å². The van der Waals surface area contributed by atoms with Gasteiger partial charge in [0.15, 0.2) is 0 Å². The van der Waals surface area contributed by atoms with Crippen LogP contribution in [0.25, 0.3) is 0 Å². The minimum absolute atomic E-state index is 0.287. The molecular weight excluding hydrogens is 292 g/mol. The third-order valence-electron chi connectivity index (χ3n) is 4.21. The van der Waals surface area contributed by atoms with Crippen molar-refractivity contribution in [2.45, 2.75) is 45.1 Å². The molecule has 0 atom stereocenters. The Morgan fingerprint density at radius 3 is 2.50 bits per heavy atom. The molecule has 0 radical (unpaired) electrons. The topological polar surface area (TPSA) is 63.4 Å². The Morgan fingerprint density at radius 1 is 1.40 bits per heavy atom. The molecule has 0 aromatic carbocycles. The molecule has 1 aliphatic rings. The van der Waals surface area contributed by atoms with E-state index in [-0.39, 0.29) is 6.54 Å². The first-order chi connectivity index (χ1) is 9.37. The molecular formula is C14H24N2O2S2. The summed E-state index contributed by atoms with van der Waals surface area (Å²) in [6, 6.07) is 0. The molecule has 0 spiro atoms. The van der Waals surface area contributed by atoms with Crippen LogP contribution in [0.15, 0.2) is 10.3 Å². The number of thiophene rings is 1. The lowest BCUT2D eigenvalue weighted by Crippen LogP contribution is -2.39. The number of piperidine rings is 1. The van der Waals surface area contributed by atoms with E-state index in [4.69, 9.17) is 5.73 Å². The van der Waals surface area contributed by atoms with Crippen molar-refractivity contribution >= 4 is 21.4 Å². The second-order valence-electron chi connectivity index (χ2n) is 5.86. The molecule has 6 heteroatoms. The van der Waals surface area contributed by atoms with Crippen LogP contribution in [0.2, 0.25) is 0 Å². The summed E-state index contributed by atoms with van der Waals surface area (Å²) in [5.41, 5.74) is 6.50. The van der Waals surface area contributed by atoms with Gasteiger partial charge in [0.2, 0.25) is 10.0 Å². The van der Waals surface area contributed by atoms with E-state index >= 15 is 0 Å². The van der Waals surface area contributed by atoms with E-state index in [1.807, 2.05) is 12.3 Å². The number of rotatable bonds is 4. The number of nitrogens with zero attached hydrogens (tertiary/aromatic N) is 1. The normalized spacial score (nSPS) is 18.9. The van der Waals surface area contributed by atoms with Gasteiger partial charge in [-0.05, 0) is 42.5 Å². The highest BCUT2D eigenvalue weighted by atomic mass is 32.2. The van der Waals surface area contributed by atoms with Gasteiger partial charge in [-0.25, -0.2) is 8.42 Å². The standard InChI is InChI=1S/C14H24N2O2S2/c1-10(2)12-4-6-16(7-5-12)20(17,18)14-11(3)9-19-13(14)8-15/h9-10,12H,4-8,15H2,1-3H3. The summed E-state index contributed by atoms with van der Waals surface area (Å²) >= 11 is 1.44. The predicted octanol–water partition coefficient (Wildman–Crippen LogP) is 2.57. The van der Waals surface area contributed by atoms with E-state index in [1.54, 1.807) is 4.31 Å². The SMILES string of the molecule is Cc1csc(CN)c1S(=O)(=O)N1CCC(C(C)C)CC1. The summed E-state index contributed by atoms with van der Waals surface area (Å²) in [5, 5.41) is 1.88. The van der Waals surface area contributed by atoms with Crippen LogP contribution in [-0.2, 0) is 16.6 Å². The number of nitrogens with two attached hydrogens (primary N) is 1. The average Bonchev–Trinajstić information content (AvgIpc) is 2.80. The highest BCUT2D eigenvalue weighted by Crippen LogP contribution is 2.32. The van der Waals surface area contributed by atoms with Gasteiger partial charge in [-0.2, -0.15) is 4.31 Å². The highest BCUT2D eigenvalue weighted by molar-refractivity contribution is 7.89. The van der Waals surface area contributed by atoms with Crippen LogP contribution in [0.5, 0.6) is 0 Å². The molecule has 1 aromatic rings. The van der Waals surface area contributed by atoms with Gasteiger partial charge in [0.1, 0.15) is 4.90 Å². The zero-order valence-electron chi connectivity index (χ0n) is 12.4. The zero-order valence-corrected chi connectivity index (χ0v) is 14.1. The Hall–Kier alpha value is -0.430. The minimum atomic E-state index is -3.38. The summed E-state index contributed by atoms with van der Waals surface area (Å²) in [4.78, 5) is 1.22. The molecule has 4 nitrogen and oxygen atoms in total. The average molecular weight is 316 g/mol. The smallest absolute Gasteiger partial charge is 0.244 e. The van der Waals surface area contributed by atoms with E-state index < -0.39 is 10.0 Å². The van der Waals surface area contributed by atoms with Crippen LogP contribution in [0.4, 0.5) is 0 Å². The third-order valence-corrected chi connectivity index (χ3v) is 7.60. The second-order valence-corrected chi connectivity index (χ2v) is 8.70. The van der Waals surface area contributed by atoms with Crippen molar-refractivity contribution in [1.82, 2.24) is 4.31 Å². The predicted molar refractivity (Wildman–Crippen MR) is 83.3 cm³/mol. The highest BCUT2D eigenvalue weighted by Gasteiger charge is 2.33. The molecule has 20 heavy (non-hydrogen) atoms. The molecule has 1 aliphatic heterocycles. The molecule has 1 fully saturated rings. The van der Waals surface area contributed by atoms with Crippen molar-refractivity contribution in [2.75, 3.05) is 13.1 Å². The molecule has 0 bridgehead atoms. The fraction of sp³-hybridized carbons (Fsp3) is 0.714. The molecule has 1 aromatic heterocycles. The molecule has 0 amide bonds. The second kappa shape index (κ2) is 6.13. The molecule has 2 N–H and O–H groups in total. The van der Waals surface area contributed by atoms with Gasteiger partial charge in [-0.1, -0.05) is 13.8 Å². The lowest BCUT2D eigenvalue weighted by atomic mass is 9.87. The van der Waals surface area contributed by atoms with E-state index in [2.05, 4.69) is 13.8 Å². The summed E-state index contributed by atoms with van der Waals surface area (Å²) < 4.78 is 27.2. The van der Waals surface area contributed by atoms with Crippen LogP contribution in [0.1, 0.15) is 37.1 Å². The molecule has 0 aliphatic carbocycles. The summed E-state index contributed by atoms with van der Waals surface area (Å²) in [5.74, 6) is 1.27. The molecule has 2 heterocycles. The van der Waals surface area contributed by atoms with Crippen molar-refractivity contribution in [1.29, 1.82) is 0 Å². The van der Waals surface area contributed by atoms with Gasteiger partial charge < -0.3 is 5.73 Å². The Kier molecular flexibility index (Phi) is 4.89. The van der Waals surface area contributed by atoms with E-state index in [0.29, 0.717) is 29.8 Å². The fourth-order valence-electron chi connectivity index (χ4n) is 2.89. The maximum Gasteiger partial charge on any atom is 0.244 e. The van der Waals surface area contributed by atoms with Gasteiger partial charge in [0.05, 0.1) is 0 Å². The van der Waals surface area contributed by atoms with Crippen molar-refractivity contribution < 1.29 is 8.42 Å². The number of sulfonamides is 1. The van der Waals surface area contributed by atoms with Crippen LogP contribution < -0.4 is 5.73 Å². The summed E-state index contributed by atoms with van der Waals surface area (Å²) in [7, 11) is -3.38. The van der Waals surface area contributed by atoms with Crippen molar-refractivity contribution in [3.63, 3.8) is 0 Å².